The minimum Gasteiger partial charge on any atom is -0.310 e. The van der Waals surface area contributed by atoms with Crippen LogP contribution in [0.3, 0.4) is 0 Å². The van der Waals surface area contributed by atoms with Crippen molar-refractivity contribution in [3.05, 3.63) is 198 Å². The molecule has 0 atom stereocenters. The van der Waals surface area contributed by atoms with Crippen LogP contribution in [-0.2, 0) is 10.8 Å². The highest BCUT2D eigenvalue weighted by Crippen LogP contribution is 2.58. The van der Waals surface area contributed by atoms with Crippen molar-refractivity contribution in [1.82, 2.24) is 0 Å². The van der Waals surface area contributed by atoms with Crippen LogP contribution in [0, 0.1) is 0 Å². The lowest BCUT2D eigenvalue weighted by Crippen LogP contribution is -2.31. The fourth-order valence-electron chi connectivity index (χ4n) is 9.65. The summed E-state index contributed by atoms with van der Waals surface area (Å²) in [6.07, 6.45) is 0. The first-order chi connectivity index (χ1) is 26.7. The first-order valence-corrected chi connectivity index (χ1v) is 19.5. The van der Waals surface area contributed by atoms with Crippen molar-refractivity contribution in [2.45, 2.75) is 38.5 Å². The maximum Gasteiger partial charge on any atom is 0.0506 e. The molecule has 0 radical (unpaired) electrons. The van der Waals surface area contributed by atoms with Gasteiger partial charge in [-0.1, -0.05) is 149 Å². The summed E-state index contributed by atoms with van der Waals surface area (Å²) in [5.74, 6) is 0. The number of rotatable bonds is 3. The summed E-state index contributed by atoms with van der Waals surface area (Å²) in [4.78, 5) is 2.53. The van der Waals surface area contributed by atoms with E-state index in [0.29, 0.717) is 0 Å². The Morgan fingerprint density at radius 3 is 1.36 bits per heavy atom. The van der Waals surface area contributed by atoms with Gasteiger partial charge in [-0.3, -0.25) is 0 Å². The van der Waals surface area contributed by atoms with Crippen molar-refractivity contribution in [3.8, 4) is 33.4 Å². The molecule has 0 aromatic heterocycles. The van der Waals surface area contributed by atoms with Gasteiger partial charge < -0.3 is 4.90 Å². The zero-order valence-electron chi connectivity index (χ0n) is 31.7. The third kappa shape index (κ3) is 4.79. The van der Waals surface area contributed by atoms with Crippen molar-refractivity contribution in [2.24, 2.45) is 0 Å². The molecule has 1 nitrogen and oxygen atoms in total. The Bertz CT molecular complexity index is 3050. The van der Waals surface area contributed by atoms with Crippen molar-refractivity contribution in [2.75, 3.05) is 4.90 Å². The van der Waals surface area contributed by atoms with E-state index >= 15 is 0 Å². The first-order valence-electron chi connectivity index (χ1n) is 19.5. The highest BCUT2D eigenvalue weighted by Gasteiger charge is 2.42. The predicted molar refractivity (Wildman–Crippen MR) is 234 cm³/mol. The van der Waals surface area contributed by atoms with Crippen LogP contribution in [0.1, 0.15) is 49.9 Å². The molecule has 0 saturated heterocycles. The average molecular weight is 704 g/mol. The van der Waals surface area contributed by atoms with Gasteiger partial charge in [-0.05, 0) is 143 Å². The van der Waals surface area contributed by atoms with Crippen LogP contribution in [-0.4, -0.2) is 0 Å². The normalized spacial score (nSPS) is 14.8. The molecule has 0 bridgehead atoms. The quantitative estimate of drug-likeness (QED) is 0.177. The minimum absolute atomic E-state index is 0.175. The molecule has 9 aromatic rings. The van der Waals surface area contributed by atoms with Crippen LogP contribution in [0.2, 0.25) is 0 Å². The molecule has 0 amide bonds. The zero-order chi connectivity index (χ0) is 37.1. The van der Waals surface area contributed by atoms with Crippen LogP contribution in [0.5, 0.6) is 0 Å². The summed E-state index contributed by atoms with van der Waals surface area (Å²) in [5, 5.41) is 7.58. The molecule has 1 aliphatic carbocycles. The van der Waals surface area contributed by atoms with E-state index in [2.05, 4.69) is 209 Å². The molecule has 0 fully saturated rings. The van der Waals surface area contributed by atoms with Crippen molar-refractivity contribution >= 4 is 49.4 Å². The minimum atomic E-state index is -0.252. The Morgan fingerprint density at radius 2 is 0.745 bits per heavy atom. The topological polar surface area (TPSA) is 3.24 Å². The Kier molecular flexibility index (Phi) is 6.72. The fraction of sp³-hybridized carbons (Fsp3) is 0.111. The molecule has 9 aromatic carbocycles. The number of hydrogen-bond donors (Lipinski definition) is 0. The van der Waals surface area contributed by atoms with E-state index < -0.39 is 0 Å². The van der Waals surface area contributed by atoms with Crippen molar-refractivity contribution in [3.63, 3.8) is 0 Å². The van der Waals surface area contributed by atoms with E-state index in [4.69, 9.17) is 0 Å². The Labute approximate surface area is 323 Å². The summed E-state index contributed by atoms with van der Waals surface area (Å²) in [7, 11) is 0. The van der Waals surface area contributed by atoms with Crippen LogP contribution < -0.4 is 4.90 Å². The standard InChI is InChI=1S/C54H41N/c1-53(2)47-30-42(40-19-17-34-11-5-8-14-37(34)27-40)22-25-45(47)46-32-50-52(33-48(46)53)55(44-24-21-36-13-7-10-16-39(36)29-44)51-26-23-43(31-49(51)54(50,3)4)41-20-18-35-12-6-9-15-38(35)28-41/h5-33H,1-4H3. The van der Waals surface area contributed by atoms with Crippen LogP contribution in [0.15, 0.2) is 176 Å². The Morgan fingerprint density at radius 1 is 0.309 bits per heavy atom. The molecule has 2 aliphatic rings. The Hall–Kier alpha value is -6.44. The molecule has 262 valence electrons. The van der Waals surface area contributed by atoms with E-state index in [1.165, 1.54) is 105 Å². The number of benzene rings is 9. The summed E-state index contributed by atoms with van der Waals surface area (Å²) >= 11 is 0. The number of anilines is 3. The van der Waals surface area contributed by atoms with Gasteiger partial charge >= 0.3 is 0 Å². The van der Waals surface area contributed by atoms with E-state index in [-0.39, 0.29) is 10.8 Å². The zero-order valence-corrected chi connectivity index (χ0v) is 31.7. The largest absolute Gasteiger partial charge is 0.310 e. The summed E-state index contributed by atoms with van der Waals surface area (Å²) in [6, 6.07) is 66.0. The van der Waals surface area contributed by atoms with Gasteiger partial charge in [-0.15, -0.1) is 0 Å². The molecule has 55 heavy (non-hydrogen) atoms. The second-order valence-electron chi connectivity index (χ2n) is 16.6. The monoisotopic (exact) mass is 703 g/mol. The fourth-order valence-corrected chi connectivity index (χ4v) is 9.65. The maximum atomic E-state index is 2.54. The summed E-state index contributed by atoms with van der Waals surface area (Å²) in [5.41, 5.74) is 16.4. The van der Waals surface area contributed by atoms with Gasteiger partial charge in [0.25, 0.3) is 0 Å². The molecule has 0 spiro atoms. The lowest BCUT2D eigenvalue weighted by molar-refractivity contribution is 0.627. The van der Waals surface area contributed by atoms with Gasteiger partial charge in [0.2, 0.25) is 0 Å². The van der Waals surface area contributed by atoms with Crippen LogP contribution in [0.4, 0.5) is 17.1 Å². The van der Waals surface area contributed by atoms with Crippen LogP contribution >= 0.6 is 0 Å². The van der Waals surface area contributed by atoms with Gasteiger partial charge in [0.15, 0.2) is 0 Å². The van der Waals surface area contributed by atoms with Gasteiger partial charge in [0.1, 0.15) is 0 Å². The first kappa shape index (κ1) is 32.0. The maximum absolute atomic E-state index is 2.54. The van der Waals surface area contributed by atoms with Crippen molar-refractivity contribution in [1.29, 1.82) is 0 Å². The molecule has 0 saturated carbocycles. The molecule has 11 rings (SSSR count). The summed E-state index contributed by atoms with van der Waals surface area (Å²) in [6.45, 7) is 9.66. The smallest absolute Gasteiger partial charge is 0.0506 e. The third-order valence-electron chi connectivity index (χ3n) is 12.8. The molecular formula is C54H41N. The van der Waals surface area contributed by atoms with E-state index in [0.717, 1.165) is 0 Å². The predicted octanol–water partition coefficient (Wildman–Crippen LogP) is 14.9. The van der Waals surface area contributed by atoms with E-state index in [1.807, 2.05) is 0 Å². The highest BCUT2D eigenvalue weighted by molar-refractivity contribution is 5.96. The lowest BCUT2D eigenvalue weighted by Gasteiger charge is -2.43. The molecule has 1 heterocycles. The molecular weight excluding hydrogens is 663 g/mol. The molecule has 0 N–H and O–H groups in total. The molecule has 1 heteroatoms. The summed E-state index contributed by atoms with van der Waals surface area (Å²) < 4.78 is 0. The number of fused-ring (bicyclic) bond motifs is 8. The second kappa shape index (κ2) is 11.5. The lowest BCUT2D eigenvalue weighted by atomic mass is 9.71. The number of hydrogen-bond acceptors (Lipinski definition) is 1. The Balaban J connectivity index is 1.11. The third-order valence-corrected chi connectivity index (χ3v) is 12.8. The van der Waals surface area contributed by atoms with Gasteiger partial charge in [-0.2, -0.15) is 0 Å². The van der Waals surface area contributed by atoms with Gasteiger partial charge in [0, 0.05) is 16.5 Å². The van der Waals surface area contributed by atoms with E-state index in [9.17, 15) is 0 Å². The van der Waals surface area contributed by atoms with E-state index in [1.54, 1.807) is 0 Å². The van der Waals surface area contributed by atoms with Gasteiger partial charge in [0.05, 0.1) is 11.4 Å². The molecule has 0 unspecified atom stereocenters. The molecule has 1 aliphatic heterocycles. The second-order valence-corrected chi connectivity index (χ2v) is 16.6. The number of nitrogens with zero attached hydrogens (tertiary/aromatic N) is 1. The van der Waals surface area contributed by atoms with Crippen molar-refractivity contribution < 1.29 is 0 Å². The van der Waals surface area contributed by atoms with Gasteiger partial charge in [-0.25, -0.2) is 0 Å². The average Bonchev–Trinajstić information content (AvgIpc) is 3.44. The van der Waals surface area contributed by atoms with Crippen LogP contribution in [0.25, 0.3) is 65.7 Å². The SMILES string of the molecule is CC1(C)c2cc(-c3ccc4ccccc4c3)ccc2-c2cc3c(cc21)N(c1ccc2ccccc2c1)c1ccc(-c2ccc4ccccc4c2)cc1C3(C)C. The highest BCUT2D eigenvalue weighted by atomic mass is 15.2.